The number of nitrogens with one attached hydrogen (secondary N) is 2. The number of carbonyl (C=O) groups excluding carboxylic acids is 3. The van der Waals surface area contributed by atoms with Crippen molar-refractivity contribution in [3.8, 4) is 0 Å². The maximum absolute atomic E-state index is 12.4. The lowest BCUT2D eigenvalue weighted by molar-refractivity contribution is -0.133. The molecule has 1 aliphatic heterocycles. The van der Waals surface area contributed by atoms with E-state index in [1.54, 1.807) is 4.90 Å². The number of hydrogen-bond acceptors (Lipinski definition) is 5. The number of amides is 4. The molecule has 0 aromatic carbocycles. The van der Waals surface area contributed by atoms with Crippen molar-refractivity contribution in [2.75, 3.05) is 19.6 Å². The molecule has 9 nitrogen and oxygen atoms in total. The van der Waals surface area contributed by atoms with Crippen molar-refractivity contribution in [2.24, 2.45) is 11.5 Å². The van der Waals surface area contributed by atoms with Gasteiger partial charge in [-0.1, -0.05) is 0 Å². The Morgan fingerprint density at radius 3 is 2.35 bits per heavy atom. The number of likely N-dealkylation sites (tertiary alicyclic amines) is 1. The van der Waals surface area contributed by atoms with Gasteiger partial charge in [0.2, 0.25) is 5.91 Å². The molecule has 1 atom stereocenters. The first kappa shape index (κ1) is 22.0. The Hall–Kier alpha value is -2.03. The van der Waals surface area contributed by atoms with E-state index in [2.05, 4.69) is 10.6 Å². The van der Waals surface area contributed by atoms with E-state index in [1.165, 1.54) is 0 Å². The number of unbranched alkanes of at least 4 members (excludes halogenated alkanes) is 1. The molecule has 0 saturated carbocycles. The molecule has 0 aromatic heterocycles. The van der Waals surface area contributed by atoms with Crippen LogP contribution >= 0.6 is 0 Å². The molecule has 1 unspecified atom stereocenters. The average molecular weight is 371 g/mol. The fourth-order valence-electron chi connectivity index (χ4n) is 2.80. The van der Waals surface area contributed by atoms with E-state index in [0.717, 1.165) is 12.8 Å². The van der Waals surface area contributed by atoms with Crippen LogP contribution in [-0.2, 0) is 9.53 Å². The number of urea groups is 1. The van der Waals surface area contributed by atoms with Crippen molar-refractivity contribution in [3.63, 3.8) is 0 Å². The van der Waals surface area contributed by atoms with E-state index in [1.807, 2.05) is 20.8 Å². The third-order valence-electron chi connectivity index (χ3n) is 4.08. The minimum Gasteiger partial charge on any atom is -0.444 e. The monoisotopic (exact) mass is 371 g/mol. The first-order chi connectivity index (χ1) is 12.1. The van der Waals surface area contributed by atoms with Crippen LogP contribution < -0.4 is 22.1 Å². The average Bonchev–Trinajstić information content (AvgIpc) is 2.52. The highest BCUT2D eigenvalue weighted by Gasteiger charge is 2.26. The summed E-state index contributed by atoms with van der Waals surface area (Å²) < 4.78 is 5.15. The Morgan fingerprint density at radius 2 is 1.81 bits per heavy atom. The quantitative estimate of drug-likeness (QED) is 0.487. The number of ether oxygens (including phenoxy) is 1. The maximum atomic E-state index is 12.4. The molecule has 26 heavy (non-hydrogen) atoms. The first-order valence-electron chi connectivity index (χ1n) is 9.15. The van der Waals surface area contributed by atoms with Gasteiger partial charge in [-0.3, -0.25) is 4.79 Å². The molecule has 1 rings (SSSR count). The molecular formula is C17H33N5O4. The van der Waals surface area contributed by atoms with Crippen LogP contribution in [0, 0.1) is 0 Å². The molecule has 0 bridgehead atoms. The molecule has 1 fully saturated rings. The standard InChI is InChI=1S/C17H33N5O4/c1-17(2,3)26-16(25)20-9-5-4-6-13(18)14(23)22-10-7-12(8-11-22)21-15(19)24/h12-13H,4-11,18H2,1-3H3,(H,20,25)(H3,19,21,24). The second-order valence-electron chi connectivity index (χ2n) is 7.64. The minimum absolute atomic E-state index is 0.0201. The van der Waals surface area contributed by atoms with E-state index >= 15 is 0 Å². The van der Waals surface area contributed by atoms with Gasteiger partial charge in [-0.05, 0) is 52.9 Å². The molecule has 9 heteroatoms. The first-order valence-corrected chi connectivity index (χ1v) is 9.15. The summed E-state index contributed by atoms with van der Waals surface area (Å²) in [5.74, 6) is -0.0670. The predicted octanol–water partition coefficient (Wildman–Crippen LogP) is 0.668. The van der Waals surface area contributed by atoms with Crippen molar-refractivity contribution in [1.29, 1.82) is 0 Å². The van der Waals surface area contributed by atoms with Crippen LogP contribution in [0.4, 0.5) is 9.59 Å². The Balaban J connectivity index is 2.17. The van der Waals surface area contributed by atoms with E-state index in [9.17, 15) is 14.4 Å². The van der Waals surface area contributed by atoms with Gasteiger partial charge >= 0.3 is 12.1 Å². The van der Waals surface area contributed by atoms with Crippen molar-refractivity contribution < 1.29 is 19.1 Å². The van der Waals surface area contributed by atoms with Gasteiger partial charge in [0.15, 0.2) is 0 Å². The fraction of sp³-hybridized carbons (Fsp3) is 0.824. The number of hydrogen-bond donors (Lipinski definition) is 4. The zero-order chi connectivity index (χ0) is 19.7. The topological polar surface area (TPSA) is 140 Å². The third-order valence-corrected chi connectivity index (χ3v) is 4.08. The fourth-order valence-corrected chi connectivity index (χ4v) is 2.80. The maximum Gasteiger partial charge on any atom is 0.407 e. The van der Waals surface area contributed by atoms with Crippen LogP contribution in [-0.4, -0.2) is 60.3 Å². The Bertz CT molecular complexity index is 484. The van der Waals surface area contributed by atoms with Crippen LogP contribution in [0.1, 0.15) is 52.9 Å². The van der Waals surface area contributed by atoms with Crippen LogP contribution in [0.2, 0.25) is 0 Å². The lowest BCUT2D eigenvalue weighted by Crippen LogP contribution is -2.51. The lowest BCUT2D eigenvalue weighted by atomic mass is 10.0. The number of primary amides is 1. The number of piperidine rings is 1. The molecule has 0 spiro atoms. The molecule has 150 valence electrons. The Labute approximate surface area is 155 Å². The summed E-state index contributed by atoms with van der Waals surface area (Å²) >= 11 is 0. The molecule has 0 radical (unpaired) electrons. The summed E-state index contributed by atoms with van der Waals surface area (Å²) in [6.07, 6.45) is 2.95. The smallest absolute Gasteiger partial charge is 0.407 e. The molecule has 1 aliphatic rings. The van der Waals surface area contributed by atoms with E-state index in [0.29, 0.717) is 38.9 Å². The molecule has 1 heterocycles. The molecular weight excluding hydrogens is 338 g/mol. The summed E-state index contributed by atoms with van der Waals surface area (Å²) in [6.45, 7) is 7.05. The molecule has 6 N–H and O–H groups in total. The third kappa shape index (κ3) is 8.89. The summed E-state index contributed by atoms with van der Waals surface area (Å²) in [5.41, 5.74) is 10.6. The summed E-state index contributed by atoms with van der Waals surface area (Å²) in [7, 11) is 0. The summed E-state index contributed by atoms with van der Waals surface area (Å²) in [5, 5.41) is 5.35. The number of rotatable bonds is 7. The predicted molar refractivity (Wildman–Crippen MR) is 98.4 cm³/mol. The number of nitrogens with zero attached hydrogens (tertiary/aromatic N) is 1. The second kappa shape index (κ2) is 10.2. The zero-order valence-corrected chi connectivity index (χ0v) is 16.0. The van der Waals surface area contributed by atoms with Crippen molar-refractivity contribution in [2.45, 2.75) is 70.6 Å². The van der Waals surface area contributed by atoms with Crippen LogP contribution in [0.25, 0.3) is 0 Å². The summed E-state index contributed by atoms with van der Waals surface area (Å²) in [6, 6.07) is -1.06. The van der Waals surface area contributed by atoms with E-state index < -0.39 is 23.8 Å². The number of carbonyl (C=O) groups is 3. The highest BCUT2D eigenvalue weighted by molar-refractivity contribution is 5.81. The van der Waals surface area contributed by atoms with E-state index in [-0.39, 0.29) is 11.9 Å². The largest absolute Gasteiger partial charge is 0.444 e. The Kier molecular flexibility index (Phi) is 8.64. The van der Waals surface area contributed by atoms with Crippen LogP contribution in [0.15, 0.2) is 0 Å². The van der Waals surface area contributed by atoms with Gasteiger partial charge in [0.1, 0.15) is 5.60 Å². The van der Waals surface area contributed by atoms with Crippen LogP contribution in [0.5, 0.6) is 0 Å². The van der Waals surface area contributed by atoms with Gasteiger partial charge in [0.25, 0.3) is 0 Å². The molecule has 4 amide bonds. The number of nitrogens with two attached hydrogens (primary N) is 2. The van der Waals surface area contributed by atoms with Gasteiger partial charge < -0.3 is 31.7 Å². The highest BCUT2D eigenvalue weighted by atomic mass is 16.6. The van der Waals surface area contributed by atoms with Gasteiger partial charge in [-0.25, -0.2) is 9.59 Å². The van der Waals surface area contributed by atoms with Gasteiger partial charge in [0.05, 0.1) is 6.04 Å². The zero-order valence-electron chi connectivity index (χ0n) is 16.0. The lowest BCUT2D eigenvalue weighted by Gasteiger charge is -2.33. The minimum atomic E-state index is -0.544. The second-order valence-corrected chi connectivity index (χ2v) is 7.64. The highest BCUT2D eigenvalue weighted by Crippen LogP contribution is 2.13. The van der Waals surface area contributed by atoms with E-state index in [4.69, 9.17) is 16.2 Å². The van der Waals surface area contributed by atoms with Crippen molar-refractivity contribution in [3.05, 3.63) is 0 Å². The molecule has 0 aliphatic carbocycles. The van der Waals surface area contributed by atoms with Gasteiger partial charge in [0, 0.05) is 25.7 Å². The molecule has 0 aromatic rings. The normalized spacial score (nSPS) is 16.7. The van der Waals surface area contributed by atoms with Gasteiger partial charge in [-0.15, -0.1) is 0 Å². The van der Waals surface area contributed by atoms with Crippen molar-refractivity contribution >= 4 is 18.0 Å². The van der Waals surface area contributed by atoms with Crippen molar-refractivity contribution in [1.82, 2.24) is 15.5 Å². The summed E-state index contributed by atoms with van der Waals surface area (Å²) in [4.78, 5) is 36.5. The Morgan fingerprint density at radius 1 is 1.19 bits per heavy atom. The van der Waals surface area contributed by atoms with Gasteiger partial charge in [-0.2, -0.15) is 0 Å². The number of alkyl carbamates (subject to hydrolysis) is 1. The SMILES string of the molecule is CC(C)(C)OC(=O)NCCCCC(N)C(=O)N1CCC(NC(N)=O)CC1. The van der Waals surface area contributed by atoms with Crippen LogP contribution in [0.3, 0.4) is 0 Å². The molecule has 1 saturated heterocycles.